The highest BCUT2D eigenvalue weighted by atomic mass is 16.3. The second-order valence-electron chi connectivity index (χ2n) is 11.5. The quantitative estimate of drug-likeness (QED) is 0.169. The van der Waals surface area contributed by atoms with Gasteiger partial charge in [-0.3, -0.25) is 0 Å². The molecular weight excluding hydrogens is 669 g/mol. The van der Waals surface area contributed by atoms with Gasteiger partial charge in [-0.05, 0) is 100.0 Å². The number of benzene rings is 9. The molecule has 0 aliphatic heterocycles. The smallest absolute Gasteiger partial charge is 0.145 e. The van der Waals surface area contributed by atoms with Crippen LogP contribution < -0.4 is 4.90 Å². The van der Waals surface area contributed by atoms with Crippen LogP contribution in [0.4, 0.5) is 17.1 Å². The highest BCUT2D eigenvalue weighted by Gasteiger charge is 2.23. The Morgan fingerprint density at radius 3 is 1.84 bits per heavy atom. The van der Waals surface area contributed by atoms with Gasteiger partial charge in [0.2, 0.25) is 0 Å². The first-order valence-electron chi connectivity index (χ1n) is 33.0. The summed E-state index contributed by atoms with van der Waals surface area (Å²) in [5.41, 5.74) is -12.1. The number of anilines is 3. The molecule has 2 aromatic heterocycles. The van der Waals surface area contributed by atoms with Gasteiger partial charge in [0.1, 0.15) is 11.2 Å². The Morgan fingerprint density at radius 2 is 1.05 bits per heavy atom. The van der Waals surface area contributed by atoms with Crippen LogP contribution >= 0.6 is 0 Å². The van der Waals surface area contributed by atoms with Gasteiger partial charge < -0.3 is 13.9 Å². The van der Waals surface area contributed by atoms with E-state index in [1.807, 2.05) is 0 Å². The van der Waals surface area contributed by atoms with Gasteiger partial charge in [0, 0.05) is 44.2 Å². The number of fused-ring (bicyclic) bond motifs is 7. The average molecular weight is 737 g/mol. The first-order chi connectivity index (χ1) is 41.4. The Kier molecular flexibility index (Phi) is 2.84. The Bertz CT molecular complexity index is 5070. The van der Waals surface area contributed by atoms with Crippen molar-refractivity contribution in [1.82, 2.24) is 4.57 Å². The van der Waals surface area contributed by atoms with Gasteiger partial charge in [-0.1, -0.05) is 133 Å². The molecule has 11 aromatic rings. The van der Waals surface area contributed by atoms with Crippen molar-refractivity contribution in [3.63, 3.8) is 0 Å². The lowest BCUT2D eigenvalue weighted by Gasteiger charge is -2.28. The van der Waals surface area contributed by atoms with Crippen LogP contribution in [0, 0.1) is 0 Å². The molecule has 0 unspecified atom stereocenters. The molecule has 3 nitrogen and oxygen atoms in total. The summed E-state index contributed by atoms with van der Waals surface area (Å²) < 4.78 is 317. The molecule has 0 saturated heterocycles. The molecule has 2 heterocycles. The van der Waals surface area contributed by atoms with E-state index in [4.69, 9.17) is 30.5 Å². The van der Waals surface area contributed by atoms with E-state index in [1.54, 1.807) is 0 Å². The summed E-state index contributed by atoms with van der Waals surface area (Å²) in [6.45, 7) is 0. The predicted molar refractivity (Wildman–Crippen MR) is 231 cm³/mol. The van der Waals surface area contributed by atoms with Gasteiger partial charge in [-0.25, -0.2) is 0 Å². The molecular formula is C52H34N2O. The third kappa shape index (κ3) is 5.13. The number of hydrogen-bond donors (Lipinski definition) is 0. The van der Waals surface area contributed by atoms with Crippen molar-refractivity contribution in [1.29, 1.82) is 0 Å². The SMILES string of the molecule is [2H]c1c([2H])c([2H])c(N(c2c([2H])c([2H])c(-c3c([2H])c([2H])c4c([2H])c([2H])c([2H])c([2H])c4c3[2H])c([2H])c2[2H])c2c([2H])c([2H])c3c(oc4c([2H])c([2H])c([2H])c([2H])c43)c2-c2c([2H])c([2H])c([2H])c(-n3c4c([2H])c([2H])c([2H])c([2H])c4c4c([2H])c([2H])c([2H])c([2H])c43)c2[2H])c([2H])c1[2H]. The van der Waals surface area contributed by atoms with E-state index < -0.39 is 305 Å². The van der Waals surface area contributed by atoms with Gasteiger partial charge in [-0.2, -0.15) is 0 Å². The lowest BCUT2D eigenvalue weighted by Crippen LogP contribution is -2.11. The zero-order valence-electron chi connectivity index (χ0n) is 61.3. The van der Waals surface area contributed by atoms with Crippen LogP contribution in [0.15, 0.2) is 210 Å². The van der Waals surface area contributed by atoms with Crippen LogP contribution in [0.2, 0.25) is 0 Å². The third-order valence-electron chi connectivity index (χ3n) is 8.49. The number of aromatic nitrogens is 1. The minimum absolute atomic E-state index is 0.294. The van der Waals surface area contributed by atoms with Crippen LogP contribution in [-0.2, 0) is 0 Å². The molecule has 0 bridgehead atoms. The summed E-state index contributed by atoms with van der Waals surface area (Å²) in [4.78, 5) is 0.294. The molecule has 0 amide bonds. The van der Waals surface area contributed by atoms with Gasteiger partial charge in [0.15, 0.2) is 0 Å². The minimum Gasteiger partial charge on any atom is -0.455 e. The standard InChI is InChI=1S/C52H34N2O/c1-2-16-40(17-3-1)53(41-29-27-36(28-30-41)38-26-25-35-13-4-5-14-37(35)33-38)49-32-31-46-45-21-8-11-24-50(45)55-52(46)51(49)39-15-12-18-42(34-39)54-47-22-9-6-19-43(47)44-20-7-10-23-48(44)54/h1-34H/i1D,2D,3D,4D,5D,6D,7D,8D,9D,10D,11D,12D,13D,14D,15D,16D,17D,18D,19D,20D,21D,22D,23D,24D,25D,26D,27D,28D,29D,30D,31D,32D,33D,34D. The molecule has 0 radical (unpaired) electrons. The Morgan fingerprint density at radius 1 is 0.418 bits per heavy atom. The van der Waals surface area contributed by atoms with Crippen molar-refractivity contribution in [3.05, 3.63) is 205 Å². The van der Waals surface area contributed by atoms with Crippen molar-refractivity contribution in [2.45, 2.75) is 0 Å². The van der Waals surface area contributed by atoms with Crippen molar-refractivity contribution < 1.29 is 51.0 Å². The number of rotatable bonds is 6. The van der Waals surface area contributed by atoms with Gasteiger partial charge in [0.05, 0.1) is 63.3 Å². The highest BCUT2D eigenvalue weighted by molar-refractivity contribution is 6.14. The largest absolute Gasteiger partial charge is 0.455 e. The number of nitrogens with zero attached hydrogens (tertiary/aromatic N) is 2. The Hall–Kier alpha value is -7.36. The molecule has 0 saturated carbocycles. The zero-order chi connectivity index (χ0) is 65.9. The third-order valence-corrected chi connectivity index (χ3v) is 8.49. The first-order valence-corrected chi connectivity index (χ1v) is 16.0. The summed E-state index contributed by atoms with van der Waals surface area (Å²) in [5, 5.41) is -3.94. The maximum absolute atomic E-state index is 10.3. The summed E-state index contributed by atoms with van der Waals surface area (Å²) in [5.74, 6) is 0. The first kappa shape index (κ1) is 12.3. The second kappa shape index (κ2) is 12.6. The van der Waals surface area contributed by atoms with Crippen LogP contribution in [-0.4, -0.2) is 4.57 Å². The van der Waals surface area contributed by atoms with Crippen molar-refractivity contribution in [3.8, 4) is 27.9 Å². The highest BCUT2D eigenvalue weighted by Crippen LogP contribution is 2.47. The topological polar surface area (TPSA) is 21.3 Å². The second-order valence-corrected chi connectivity index (χ2v) is 11.5. The van der Waals surface area contributed by atoms with Crippen molar-refractivity contribution >= 4 is 71.6 Å². The Labute approximate surface area is 366 Å². The summed E-state index contributed by atoms with van der Waals surface area (Å²) in [7, 11) is 0. The monoisotopic (exact) mass is 736 g/mol. The van der Waals surface area contributed by atoms with Gasteiger partial charge in [-0.15, -0.1) is 0 Å². The average Bonchev–Trinajstić information content (AvgIpc) is 1.67. The zero-order valence-corrected chi connectivity index (χ0v) is 27.3. The fourth-order valence-corrected chi connectivity index (χ4v) is 6.16. The molecule has 55 heavy (non-hydrogen) atoms. The minimum atomic E-state index is -1.37. The lowest BCUT2D eigenvalue weighted by molar-refractivity contribution is 0.670. The molecule has 0 atom stereocenters. The molecule has 0 aliphatic carbocycles. The van der Waals surface area contributed by atoms with E-state index in [9.17, 15) is 20.6 Å². The number of furan rings is 1. The summed E-state index contributed by atoms with van der Waals surface area (Å²) in [6.07, 6.45) is 0. The molecule has 0 fully saturated rings. The van der Waals surface area contributed by atoms with E-state index >= 15 is 0 Å². The maximum Gasteiger partial charge on any atom is 0.145 e. The van der Waals surface area contributed by atoms with Crippen LogP contribution in [0.1, 0.15) is 46.6 Å². The molecule has 9 aromatic carbocycles. The fourth-order valence-electron chi connectivity index (χ4n) is 6.16. The van der Waals surface area contributed by atoms with E-state index in [0.717, 1.165) is 0 Å². The van der Waals surface area contributed by atoms with Crippen molar-refractivity contribution in [2.24, 2.45) is 0 Å². The van der Waals surface area contributed by atoms with Crippen LogP contribution in [0.5, 0.6) is 0 Å². The lowest BCUT2D eigenvalue weighted by atomic mass is 9.97. The number of hydrogen-bond acceptors (Lipinski definition) is 2. The van der Waals surface area contributed by atoms with Crippen molar-refractivity contribution in [2.75, 3.05) is 4.90 Å². The number of para-hydroxylation sites is 4. The predicted octanol–water partition coefficient (Wildman–Crippen LogP) is 14.6. The maximum atomic E-state index is 10.3. The molecule has 0 spiro atoms. The molecule has 0 N–H and O–H groups in total. The molecule has 0 aliphatic rings. The van der Waals surface area contributed by atoms with E-state index in [1.165, 1.54) is 0 Å². The van der Waals surface area contributed by atoms with Gasteiger partial charge in [0.25, 0.3) is 0 Å². The molecule has 258 valence electrons. The van der Waals surface area contributed by atoms with Crippen LogP contribution in [0.3, 0.4) is 0 Å². The van der Waals surface area contributed by atoms with Gasteiger partial charge >= 0.3 is 0 Å². The fraction of sp³-hybridized carbons (Fsp3) is 0. The Balaban J connectivity index is 1.41. The van der Waals surface area contributed by atoms with E-state index in [2.05, 4.69) is 0 Å². The molecule has 3 heteroatoms. The normalized spacial score (nSPS) is 20.3. The summed E-state index contributed by atoms with van der Waals surface area (Å²) >= 11 is 0. The molecule has 11 rings (SSSR count). The van der Waals surface area contributed by atoms with E-state index in [0.29, 0.717) is 9.47 Å². The summed E-state index contributed by atoms with van der Waals surface area (Å²) in [6, 6.07) is -36.6. The van der Waals surface area contributed by atoms with Crippen LogP contribution in [0.25, 0.3) is 82.5 Å². The van der Waals surface area contributed by atoms with E-state index in [-0.39, 0.29) is 0 Å².